The first kappa shape index (κ1) is 20.9. The average Bonchev–Trinajstić information content (AvgIpc) is 3.44. The third-order valence-electron chi connectivity index (χ3n) is 5.34. The molecular formula is C19H23N9O2S2. The maximum Gasteiger partial charge on any atom is 0.252 e. The molecule has 4 aromatic heterocycles. The zero-order valence-electron chi connectivity index (χ0n) is 17.8. The van der Waals surface area contributed by atoms with E-state index in [2.05, 4.69) is 25.5 Å². The summed E-state index contributed by atoms with van der Waals surface area (Å²) in [5.41, 5.74) is 9.05. The summed E-state index contributed by atoms with van der Waals surface area (Å²) in [5, 5.41) is 15.4. The number of nitrogens with zero attached hydrogens (tertiary/aromatic N) is 6. The monoisotopic (exact) mass is 473 g/mol. The van der Waals surface area contributed by atoms with E-state index >= 15 is 0 Å². The summed E-state index contributed by atoms with van der Waals surface area (Å²) in [5.74, 6) is 1.46. The smallest absolute Gasteiger partial charge is 0.252 e. The third-order valence-corrected chi connectivity index (χ3v) is 8.92. The molecule has 4 N–H and O–H groups in total. The fourth-order valence-electron chi connectivity index (χ4n) is 3.58. The van der Waals surface area contributed by atoms with Crippen LogP contribution in [-0.4, -0.2) is 70.7 Å². The van der Waals surface area contributed by atoms with Gasteiger partial charge in [-0.05, 0) is 18.6 Å². The van der Waals surface area contributed by atoms with Gasteiger partial charge in [0.25, 0.3) is 10.0 Å². The van der Waals surface area contributed by atoms with Crippen LogP contribution in [0.15, 0.2) is 34.9 Å². The number of hydrogen-bond donors (Lipinski definition) is 3. The summed E-state index contributed by atoms with van der Waals surface area (Å²) in [6.07, 6.45) is 5.25. The van der Waals surface area contributed by atoms with Crippen molar-refractivity contribution in [3.8, 4) is 11.1 Å². The summed E-state index contributed by atoms with van der Waals surface area (Å²) in [4.78, 5) is 6.93. The minimum Gasteiger partial charge on any atom is -0.353 e. The number of fused-ring (bicyclic) bond motifs is 1. The second-order valence-corrected chi connectivity index (χ2v) is 11.3. The molecule has 0 unspecified atom stereocenters. The van der Waals surface area contributed by atoms with Crippen molar-refractivity contribution in [3.63, 3.8) is 0 Å². The van der Waals surface area contributed by atoms with Gasteiger partial charge in [-0.15, -0.1) is 11.3 Å². The van der Waals surface area contributed by atoms with E-state index in [9.17, 15) is 8.42 Å². The van der Waals surface area contributed by atoms with E-state index in [4.69, 9.17) is 10.7 Å². The molecule has 1 fully saturated rings. The van der Waals surface area contributed by atoms with Gasteiger partial charge < -0.3 is 16.0 Å². The van der Waals surface area contributed by atoms with Crippen LogP contribution in [0, 0.1) is 6.92 Å². The van der Waals surface area contributed by atoms with E-state index in [1.165, 1.54) is 29.7 Å². The van der Waals surface area contributed by atoms with Crippen molar-refractivity contribution in [1.29, 1.82) is 0 Å². The van der Waals surface area contributed by atoms with E-state index in [1.54, 1.807) is 30.0 Å². The van der Waals surface area contributed by atoms with Crippen molar-refractivity contribution in [2.75, 3.05) is 37.4 Å². The Bertz CT molecular complexity index is 1380. The molecule has 168 valence electrons. The predicted octanol–water partition coefficient (Wildman–Crippen LogP) is 1.63. The van der Waals surface area contributed by atoms with Crippen LogP contribution in [0.4, 0.5) is 16.6 Å². The summed E-state index contributed by atoms with van der Waals surface area (Å²) in [6.45, 7) is 3.24. The lowest BCUT2D eigenvalue weighted by atomic mass is 10.1. The highest BCUT2D eigenvalue weighted by molar-refractivity contribution is 7.91. The number of aromatic amines is 1. The number of H-pyrrole nitrogens is 1. The molecule has 4 aromatic rings. The van der Waals surface area contributed by atoms with Crippen LogP contribution in [0.25, 0.3) is 16.8 Å². The molecule has 0 amide bonds. The minimum absolute atomic E-state index is 0.126. The van der Waals surface area contributed by atoms with E-state index in [0.29, 0.717) is 26.2 Å². The molecule has 0 bridgehead atoms. The Hall–Kier alpha value is -3.00. The molecule has 0 saturated carbocycles. The molecule has 5 heterocycles. The number of thiophene rings is 1. The Labute approximate surface area is 188 Å². The molecule has 1 aliphatic rings. The average molecular weight is 474 g/mol. The fourth-order valence-corrected chi connectivity index (χ4v) is 6.32. The van der Waals surface area contributed by atoms with E-state index in [-0.39, 0.29) is 6.04 Å². The Balaban J connectivity index is 1.59. The van der Waals surface area contributed by atoms with Crippen molar-refractivity contribution < 1.29 is 8.42 Å². The number of aromatic nitrogens is 5. The van der Waals surface area contributed by atoms with Crippen LogP contribution >= 0.6 is 11.3 Å². The standard InChI is InChI=1S/C19H23N9O2S2/c1-11-4-17(31-19(11)32(29,30)26(2)3)24-16-5-15(27-9-13(20)10-27)25-18-14(8-23-28(16)18)12-6-21-22-7-12/h4-8,13,24H,9-10,20H2,1-3H3,(H,21,22). The van der Waals surface area contributed by atoms with Crippen LogP contribution < -0.4 is 16.0 Å². The van der Waals surface area contributed by atoms with Gasteiger partial charge in [-0.2, -0.15) is 14.7 Å². The predicted molar refractivity (Wildman–Crippen MR) is 124 cm³/mol. The number of rotatable bonds is 6. The number of anilines is 3. The van der Waals surface area contributed by atoms with Crippen LogP contribution in [-0.2, 0) is 10.0 Å². The van der Waals surface area contributed by atoms with Gasteiger partial charge in [0.15, 0.2) is 5.65 Å². The Morgan fingerprint density at radius 2 is 2.06 bits per heavy atom. The van der Waals surface area contributed by atoms with Gasteiger partial charge in [0, 0.05) is 56.6 Å². The van der Waals surface area contributed by atoms with Crippen molar-refractivity contribution in [2.45, 2.75) is 17.2 Å². The number of sulfonamides is 1. The Kier molecular flexibility index (Phi) is 4.93. The van der Waals surface area contributed by atoms with Crippen molar-refractivity contribution in [1.82, 2.24) is 29.1 Å². The van der Waals surface area contributed by atoms with Gasteiger partial charge in [-0.1, -0.05) is 0 Å². The molecule has 5 rings (SSSR count). The second-order valence-electron chi connectivity index (χ2n) is 7.94. The lowest BCUT2D eigenvalue weighted by molar-refractivity contribution is 0.514. The van der Waals surface area contributed by atoms with Gasteiger partial charge >= 0.3 is 0 Å². The highest BCUT2D eigenvalue weighted by Gasteiger charge is 2.27. The summed E-state index contributed by atoms with van der Waals surface area (Å²) in [6, 6.07) is 3.86. The molecule has 0 spiro atoms. The van der Waals surface area contributed by atoms with Gasteiger partial charge in [-0.3, -0.25) is 5.10 Å². The van der Waals surface area contributed by atoms with Gasteiger partial charge in [0.05, 0.1) is 17.4 Å². The van der Waals surface area contributed by atoms with Gasteiger partial charge in [-0.25, -0.2) is 17.7 Å². The first-order valence-corrected chi connectivity index (χ1v) is 12.2. The maximum absolute atomic E-state index is 12.6. The second kappa shape index (κ2) is 7.55. The molecule has 11 nitrogen and oxygen atoms in total. The molecule has 0 radical (unpaired) electrons. The minimum atomic E-state index is -3.53. The quantitative estimate of drug-likeness (QED) is 0.384. The molecule has 1 aliphatic heterocycles. The summed E-state index contributed by atoms with van der Waals surface area (Å²) < 4.78 is 28.5. The van der Waals surface area contributed by atoms with Crippen LogP contribution in [0.3, 0.4) is 0 Å². The first-order valence-electron chi connectivity index (χ1n) is 9.92. The van der Waals surface area contributed by atoms with Gasteiger partial charge in [0.2, 0.25) is 0 Å². The number of nitrogens with two attached hydrogens (primary N) is 1. The fraction of sp³-hybridized carbons (Fsp3) is 0.316. The topological polar surface area (TPSA) is 138 Å². The van der Waals surface area contributed by atoms with Crippen molar-refractivity contribution >= 4 is 43.6 Å². The Morgan fingerprint density at radius 3 is 2.72 bits per heavy atom. The Morgan fingerprint density at radius 1 is 1.28 bits per heavy atom. The molecule has 32 heavy (non-hydrogen) atoms. The molecule has 1 saturated heterocycles. The molecule has 13 heteroatoms. The highest BCUT2D eigenvalue weighted by Crippen LogP contribution is 2.35. The van der Waals surface area contributed by atoms with E-state index < -0.39 is 10.0 Å². The normalized spacial score (nSPS) is 15.0. The molecular weight excluding hydrogens is 450 g/mol. The van der Waals surface area contributed by atoms with Crippen LogP contribution in [0.5, 0.6) is 0 Å². The number of aryl methyl sites for hydroxylation is 1. The van der Waals surface area contributed by atoms with Crippen LogP contribution in [0.1, 0.15) is 5.56 Å². The summed E-state index contributed by atoms with van der Waals surface area (Å²) >= 11 is 1.19. The SMILES string of the molecule is Cc1cc(Nc2cc(N3CC(N)C3)nc3c(-c4cn[nH]c4)cnn23)sc1S(=O)(=O)N(C)C. The largest absolute Gasteiger partial charge is 0.353 e. The lowest BCUT2D eigenvalue weighted by Crippen LogP contribution is -2.56. The maximum atomic E-state index is 12.6. The molecule has 0 aromatic carbocycles. The first-order chi connectivity index (χ1) is 15.2. The van der Waals surface area contributed by atoms with Gasteiger partial charge in [0.1, 0.15) is 15.8 Å². The van der Waals surface area contributed by atoms with E-state index in [1.807, 2.05) is 12.1 Å². The number of hydrogen-bond acceptors (Lipinski definition) is 9. The third kappa shape index (κ3) is 3.43. The zero-order chi connectivity index (χ0) is 22.6. The molecule has 0 aliphatic carbocycles. The highest BCUT2D eigenvalue weighted by atomic mass is 32.2. The number of nitrogens with one attached hydrogen (secondary N) is 2. The van der Waals surface area contributed by atoms with E-state index in [0.717, 1.165) is 30.0 Å². The zero-order valence-corrected chi connectivity index (χ0v) is 19.4. The molecule has 0 atom stereocenters. The van der Waals surface area contributed by atoms with Crippen molar-refractivity contribution in [3.05, 3.63) is 36.3 Å². The van der Waals surface area contributed by atoms with Crippen LogP contribution in [0.2, 0.25) is 0 Å². The summed E-state index contributed by atoms with van der Waals surface area (Å²) in [7, 11) is -0.471. The van der Waals surface area contributed by atoms with Crippen molar-refractivity contribution in [2.24, 2.45) is 5.73 Å². The lowest BCUT2D eigenvalue weighted by Gasteiger charge is -2.38.